The normalized spacial score (nSPS) is 17.8. The number of pyridine rings is 1. The van der Waals surface area contributed by atoms with Crippen molar-refractivity contribution in [2.45, 2.75) is 25.8 Å². The van der Waals surface area contributed by atoms with Gasteiger partial charge in [0.2, 0.25) is 5.91 Å². The van der Waals surface area contributed by atoms with Gasteiger partial charge in [0, 0.05) is 31.0 Å². The van der Waals surface area contributed by atoms with Gasteiger partial charge in [0.15, 0.2) is 0 Å². The van der Waals surface area contributed by atoms with E-state index in [4.69, 9.17) is 16.3 Å². The molecule has 8 heteroatoms. The molecule has 30 heavy (non-hydrogen) atoms. The molecule has 2 N–H and O–H groups in total. The Balaban J connectivity index is 1.53. The van der Waals surface area contributed by atoms with Gasteiger partial charge in [-0.1, -0.05) is 29.8 Å². The summed E-state index contributed by atoms with van der Waals surface area (Å²) in [5, 5.41) is 6.61. The number of fused-ring (bicyclic) bond motifs is 1. The molecular weight excluding hydrogens is 404 g/mol. The summed E-state index contributed by atoms with van der Waals surface area (Å²) in [7, 11) is 0. The number of amides is 2. The summed E-state index contributed by atoms with van der Waals surface area (Å²) >= 11 is 6.25. The summed E-state index contributed by atoms with van der Waals surface area (Å²) in [4.78, 5) is 31.6. The summed E-state index contributed by atoms with van der Waals surface area (Å²) in [6.45, 7) is 4.14. The van der Waals surface area contributed by atoms with E-state index >= 15 is 0 Å². The van der Waals surface area contributed by atoms with E-state index in [-0.39, 0.29) is 24.4 Å². The Hall–Kier alpha value is -2.64. The Labute approximate surface area is 180 Å². The zero-order chi connectivity index (χ0) is 21.1. The predicted molar refractivity (Wildman–Crippen MR) is 116 cm³/mol. The Morgan fingerprint density at radius 1 is 1.37 bits per heavy atom. The van der Waals surface area contributed by atoms with Gasteiger partial charge in [-0.3, -0.25) is 9.59 Å². The number of nitrogens with one attached hydrogen (secondary N) is 2. The molecule has 2 aromatic rings. The lowest BCUT2D eigenvalue weighted by Gasteiger charge is -2.33. The van der Waals surface area contributed by atoms with E-state index in [0.717, 1.165) is 31.6 Å². The number of halogens is 1. The van der Waals surface area contributed by atoms with E-state index in [2.05, 4.69) is 15.6 Å². The summed E-state index contributed by atoms with van der Waals surface area (Å²) in [6.07, 6.45) is 3.38. The minimum absolute atomic E-state index is 0.0159. The fraction of sp³-hybridized carbons (Fsp3) is 0.409. The maximum Gasteiger partial charge on any atom is 0.253 e. The van der Waals surface area contributed by atoms with Gasteiger partial charge >= 0.3 is 0 Å². The zero-order valence-electron chi connectivity index (χ0n) is 16.9. The van der Waals surface area contributed by atoms with Gasteiger partial charge in [-0.2, -0.15) is 0 Å². The van der Waals surface area contributed by atoms with Gasteiger partial charge in [-0.05, 0) is 43.4 Å². The molecule has 2 aliphatic heterocycles. The number of nitrogens with zero attached hydrogens (tertiary/aromatic N) is 2. The molecule has 0 saturated carbocycles. The van der Waals surface area contributed by atoms with Crippen LogP contribution < -0.4 is 15.5 Å². The van der Waals surface area contributed by atoms with Gasteiger partial charge < -0.3 is 20.3 Å². The van der Waals surface area contributed by atoms with Crippen molar-refractivity contribution in [3.63, 3.8) is 0 Å². The molecule has 1 unspecified atom stereocenters. The third kappa shape index (κ3) is 4.42. The summed E-state index contributed by atoms with van der Waals surface area (Å²) in [5.41, 5.74) is 1.90. The van der Waals surface area contributed by atoms with Crippen LogP contribution in [0.1, 0.15) is 41.7 Å². The van der Waals surface area contributed by atoms with Crippen LogP contribution >= 0.6 is 11.6 Å². The second-order valence-electron chi connectivity index (χ2n) is 7.72. The van der Waals surface area contributed by atoms with E-state index in [1.807, 2.05) is 25.1 Å². The largest absolute Gasteiger partial charge is 0.381 e. The SMILES string of the molecule is CC(NC(=O)c1cnc2c(c1)N(CC1CCOCC1)C(=O)CN2)c1ccccc1Cl. The van der Waals surface area contributed by atoms with Crippen molar-refractivity contribution in [2.75, 3.05) is 36.5 Å². The molecule has 4 rings (SSSR count). The minimum atomic E-state index is -0.264. The molecule has 1 aromatic carbocycles. The van der Waals surface area contributed by atoms with E-state index in [1.165, 1.54) is 6.20 Å². The van der Waals surface area contributed by atoms with E-state index < -0.39 is 0 Å². The molecule has 1 fully saturated rings. The molecule has 2 amide bonds. The summed E-state index contributed by atoms with van der Waals surface area (Å²) < 4.78 is 5.43. The number of benzene rings is 1. The number of hydrogen-bond acceptors (Lipinski definition) is 5. The van der Waals surface area contributed by atoms with Crippen LogP contribution in [0.15, 0.2) is 36.5 Å². The summed E-state index contributed by atoms with van der Waals surface area (Å²) in [6, 6.07) is 8.89. The van der Waals surface area contributed by atoms with Gasteiger partial charge in [-0.25, -0.2) is 4.98 Å². The average Bonchev–Trinajstić information content (AvgIpc) is 2.76. The first-order valence-corrected chi connectivity index (χ1v) is 10.6. The van der Waals surface area contributed by atoms with Crippen molar-refractivity contribution in [1.29, 1.82) is 0 Å². The molecule has 0 aliphatic carbocycles. The van der Waals surface area contributed by atoms with Crippen LogP contribution in [-0.2, 0) is 9.53 Å². The Morgan fingerprint density at radius 2 is 2.13 bits per heavy atom. The quantitative estimate of drug-likeness (QED) is 0.762. The first-order chi connectivity index (χ1) is 14.5. The molecular formula is C22H25ClN4O3. The van der Waals surface area contributed by atoms with Crippen molar-refractivity contribution in [1.82, 2.24) is 10.3 Å². The maximum absolute atomic E-state index is 12.9. The molecule has 1 aromatic heterocycles. The lowest BCUT2D eigenvalue weighted by molar-refractivity contribution is -0.117. The predicted octanol–water partition coefficient (Wildman–Crippen LogP) is 3.41. The van der Waals surface area contributed by atoms with Crippen LogP contribution in [0.25, 0.3) is 0 Å². The number of anilines is 2. The van der Waals surface area contributed by atoms with Crippen molar-refractivity contribution >= 4 is 34.9 Å². The van der Waals surface area contributed by atoms with Crippen LogP contribution in [0.5, 0.6) is 0 Å². The molecule has 7 nitrogen and oxygen atoms in total. The van der Waals surface area contributed by atoms with Crippen molar-refractivity contribution in [2.24, 2.45) is 5.92 Å². The standard InChI is InChI=1S/C22H25ClN4O3/c1-14(17-4-2-3-5-18(17)23)26-22(29)16-10-19-21(24-11-16)25-12-20(28)27(19)13-15-6-8-30-9-7-15/h2-5,10-11,14-15H,6-9,12-13H2,1H3,(H,24,25)(H,26,29). The van der Waals surface area contributed by atoms with Gasteiger partial charge in [-0.15, -0.1) is 0 Å². The zero-order valence-corrected chi connectivity index (χ0v) is 17.6. The fourth-order valence-electron chi connectivity index (χ4n) is 3.88. The smallest absolute Gasteiger partial charge is 0.253 e. The third-order valence-corrected chi connectivity index (χ3v) is 5.97. The molecule has 0 radical (unpaired) electrons. The number of carbonyl (C=O) groups excluding carboxylic acids is 2. The second kappa shape index (κ2) is 9.02. The number of ether oxygens (including phenoxy) is 1. The first kappa shape index (κ1) is 20.6. The lowest BCUT2D eigenvalue weighted by Crippen LogP contribution is -2.44. The Morgan fingerprint density at radius 3 is 2.90 bits per heavy atom. The highest BCUT2D eigenvalue weighted by atomic mass is 35.5. The molecule has 0 spiro atoms. The molecule has 158 valence electrons. The molecule has 1 atom stereocenters. The number of aromatic nitrogens is 1. The second-order valence-corrected chi connectivity index (χ2v) is 8.13. The van der Waals surface area contributed by atoms with E-state index in [0.29, 0.717) is 34.6 Å². The Kier molecular flexibility index (Phi) is 6.20. The maximum atomic E-state index is 12.9. The first-order valence-electron chi connectivity index (χ1n) is 10.2. The molecule has 3 heterocycles. The van der Waals surface area contributed by atoms with E-state index in [9.17, 15) is 9.59 Å². The number of carbonyl (C=O) groups is 2. The van der Waals surface area contributed by atoms with Crippen LogP contribution in [0, 0.1) is 5.92 Å². The topological polar surface area (TPSA) is 83.6 Å². The number of hydrogen-bond donors (Lipinski definition) is 2. The van der Waals surface area contributed by atoms with E-state index in [1.54, 1.807) is 17.0 Å². The minimum Gasteiger partial charge on any atom is -0.381 e. The van der Waals surface area contributed by atoms with Crippen molar-refractivity contribution in [3.05, 3.63) is 52.7 Å². The fourth-order valence-corrected chi connectivity index (χ4v) is 4.18. The van der Waals surface area contributed by atoms with Crippen molar-refractivity contribution < 1.29 is 14.3 Å². The van der Waals surface area contributed by atoms with Crippen LogP contribution in [0.2, 0.25) is 5.02 Å². The highest BCUT2D eigenvalue weighted by Crippen LogP contribution is 2.31. The summed E-state index contributed by atoms with van der Waals surface area (Å²) in [5.74, 6) is 0.725. The van der Waals surface area contributed by atoms with Crippen molar-refractivity contribution in [3.8, 4) is 0 Å². The molecule has 2 aliphatic rings. The van der Waals surface area contributed by atoms with Crippen LogP contribution in [0.4, 0.5) is 11.5 Å². The highest BCUT2D eigenvalue weighted by Gasteiger charge is 2.29. The van der Waals surface area contributed by atoms with Crippen LogP contribution in [0.3, 0.4) is 0 Å². The highest BCUT2D eigenvalue weighted by molar-refractivity contribution is 6.31. The Bertz CT molecular complexity index is 946. The monoisotopic (exact) mass is 428 g/mol. The molecule has 1 saturated heterocycles. The number of rotatable bonds is 5. The van der Waals surface area contributed by atoms with Gasteiger partial charge in [0.1, 0.15) is 5.82 Å². The van der Waals surface area contributed by atoms with Gasteiger partial charge in [0.05, 0.1) is 23.8 Å². The lowest BCUT2D eigenvalue weighted by atomic mass is 9.99. The van der Waals surface area contributed by atoms with Crippen LogP contribution in [-0.4, -0.2) is 43.1 Å². The third-order valence-electron chi connectivity index (χ3n) is 5.63. The average molecular weight is 429 g/mol. The molecule has 0 bridgehead atoms. The van der Waals surface area contributed by atoms with Gasteiger partial charge in [0.25, 0.3) is 5.91 Å².